The molecule has 0 amide bonds. The van der Waals surface area contributed by atoms with Gasteiger partial charge in [0, 0.05) is 32.8 Å². The zero-order chi connectivity index (χ0) is 14.4. The highest BCUT2D eigenvalue weighted by Gasteiger charge is 2.06. The minimum Gasteiger partial charge on any atom is -0.491 e. The Morgan fingerprint density at radius 1 is 1.40 bits per heavy atom. The molecule has 2 N–H and O–H groups in total. The molecule has 1 atom stereocenters. The average Bonchev–Trinajstić information content (AvgIpc) is 2.82. The van der Waals surface area contributed by atoms with Crippen LogP contribution in [0, 0.1) is 0 Å². The number of hydrogen-bond donors (Lipinski definition) is 2. The Kier molecular flexibility index (Phi) is 6.32. The Hall–Kier alpha value is -0.590. The second-order valence-corrected chi connectivity index (χ2v) is 6.63. The van der Waals surface area contributed by atoms with Gasteiger partial charge in [0.05, 0.1) is 0 Å². The molecule has 2 rings (SSSR count). The summed E-state index contributed by atoms with van der Waals surface area (Å²) in [5, 5.41) is 15.7. The summed E-state index contributed by atoms with van der Waals surface area (Å²) in [6.07, 6.45) is -0.558. The van der Waals surface area contributed by atoms with E-state index in [0.29, 0.717) is 17.3 Å². The number of ether oxygens (including phenoxy) is 1. The Labute approximate surface area is 135 Å². The third-order valence-electron chi connectivity index (χ3n) is 2.54. The lowest BCUT2D eigenvalue weighted by atomic mass is 10.3. The fourth-order valence-corrected chi connectivity index (χ4v) is 3.22. The molecule has 0 aliphatic carbocycles. The van der Waals surface area contributed by atoms with Crippen molar-refractivity contribution in [1.82, 2.24) is 5.32 Å². The third-order valence-corrected chi connectivity index (χ3v) is 4.47. The van der Waals surface area contributed by atoms with Gasteiger partial charge in [0.25, 0.3) is 0 Å². The van der Waals surface area contributed by atoms with E-state index in [1.807, 2.05) is 17.5 Å². The van der Waals surface area contributed by atoms with Gasteiger partial charge < -0.3 is 15.2 Å². The summed E-state index contributed by atoms with van der Waals surface area (Å²) in [5.41, 5.74) is 0. The van der Waals surface area contributed by atoms with Crippen molar-refractivity contribution in [2.45, 2.75) is 12.6 Å². The number of rotatable bonds is 7. The van der Waals surface area contributed by atoms with E-state index in [0.717, 1.165) is 11.0 Å². The van der Waals surface area contributed by atoms with Crippen LogP contribution in [0.15, 0.2) is 40.2 Å². The van der Waals surface area contributed by atoms with Gasteiger partial charge in [-0.2, -0.15) is 0 Å². The second-order valence-electron chi connectivity index (χ2n) is 4.28. The number of aliphatic hydroxyl groups is 1. The molecule has 0 radical (unpaired) electrons. The molecular formula is C14H15BrClNO2S. The number of halogens is 2. The summed E-state index contributed by atoms with van der Waals surface area (Å²) in [5.74, 6) is 0.665. The van der Waals surface area contributed by atoms with Crippen molar-refractivity contribution < 1.29 is 9.84 Å². The van der Waals surface area contributed by atoms with E-state index in [2.05, 4.69) is 27.3 Å². The van der Waals surface area contributed by atoms with Gasteiger partial charge in [-0.3, -0.25) is 0 Å². The molecule has 0 fully saturated rings. The Bertz CT molecular complexity index is 549. The van der Waals surface area contributed by atoms with Crippen LogP contribution in [0.25, 0.3) is 0 Å². The van der Waals surface area contributed by atoms with Gasteiger partial charge in [-0.05, 0) is 40.2 Å². The lowest BCUT2D eigenvalue weighted by Gasteiger charge is -2.13. The minimum atomic E-state index is -0.558. The van der Waals surface area contributed by atoms with Crippen molar-refractivity contribution in [3.05, 3.63) is 50.1 Å². The van der Waals surface area contributed by atoms with E-state index in [1.165, 1.54) is 4.88 Å². The van der Waals surface area contributed by atoms with E-state index in [1.54, 1.807) is 23.5 Å². The second kappa shape index (κ2) is 8.00. The van der Waals surface area contributed by atoms with Crippen LogP contribution in [0.2, 0.25) is 5.02 Å². The monoisotopic (exact) mass is 375 g/mol. The van der Waals surface area contributed by atoms with Crippen molar-refractivity contribution >= 4 is 38.9 Å². The predicted molar refractivity (Wildman–Crippen MR) is 86.7 cm³/mol. The predicted octanol–water partition coefficient (Wildman–Crippen LogP) is 3.69. The fourth-order valence-electron chi connectivity index (χ4n) is 1.62. The van der Waals surface area contributed by atoms with Gasteiger partial charge in [-0.1, -0.05) is 17.7 Å². The number of hydrogen-bond acceptors (Lipinski definition) is 4. The van der Waals surface area contributed by atoms with Crippen LogP contribution in [0.3, 0.4) is 0 Å². The number of aliphatic hydroxyl groups excluding tert-OH is 1. The molecular weight excluding hydrogens is 362 g/mol. The van der Waals surface area contributed by atoms with Gasteiger partial charge in [0.15, 0.2) is 0 Å². The maximum Gasteiger partial charge on any atom is 0.120 e. The maximum atomic E-state index is 9.84. The first-order chi connectivity index (χ1) is 9.63. The van der Waals surface area contributed by atoms with Crippen LogP contribution in [0.5, 0.6) is 5.75 Å². The van der Waals surface area contributed by atoms with Crippen LogP contribution in [0.1, 0.15) is 4.88 Å². The zero-order valence-electron chi connectivity index (χ0n) is 10.7. The highest BCUT2D eigenvalue weighted by atomic mass is 79.9. The first-order valence-corrected chi connectivity index (χ1v) is 8.18. The molecule has 3 nitrogen and oxygen atoms in total. The molecule has 1 aromatic carbocycles. The van der Waals surface area contributed by atoms with Gasteiger partial charge >= 0.3 is 0 Å². The number of thiophene rings is 1. The Balaban J connectivity index is 1.66. The molecule has 2 aromatic rings. The molecule has 108 valence electrons. The Morgan fingerprint density at radius 3 is 2.95 bits per heavy atom. The van der Waals surface area contributed by atoms with E-state index in [9.17, 15) is 5.11 Å². The molecule has 0 aliphatic heterocycles. The standard InChI is InChI=1S/C14H15BrClNO2S/c15-10-4-14(20-9-10)7-17-6-12(18)8-19-13-3-1-2-11(16)5-13/h1-5,9,12,17-18H,6-8H2. The molecule has 0 bridgehead atoms. The number of nitrogens with one attached hydrogen (secondary N) is 1. The summed E-state index contributed by atoms with van der Waals surface area (Å²) in [7, 11) is 0. The van der Waals surface area contributed by atoms with Crippen molar-refractivity contribution in [2.24, 2.45) is 0 Å². The average molecular weight is 377 g/mol. The van der Waals surface area contributed by atoms with Crippen molar-refractivity contribution in [3.63, 3.8) is 0 Å². The van der Waals surface area contributed by atoms with E-state index >= 15 is 0 Å². The summed E-state index contributed by atoms with van der Waals surface area (Å²) >= 11 is 10.9. The van der Waals surface area contributed by atoms with Crippen LogP contribution in [-0.2, 0) is 6.54 Å². The molecule has 0 spiro atoms. The van der Waals surface area contributed by atoms with Crippen molar-refractivity contribution in [2.75, 3.05) is 13.2 Å². The molecule has 20 heavy (non-hydrogen) atoms. The first-order valence-electron chi connectivity index (χ1n) is 6.13. The van der Waals surface area contributed by atoms with Crippen molar-refractivity contribution in [3.8, 4) is 5.75 Å². The molecule has 1 heterocycles. The van der Waals surface area contributed by atoms with Gasteiger partial charge in [0.2, 0.25) is 0 Å². The molecule has 6 heteroatoms. The molecule has 0 saturated carbocycles. The largest absolute Gasteiger partial charge is 0.491 e. The summed E-state index contributed by atoms with van der Waals surface area (Å²) in [4.78, 5) is 1.22. The van der Waals surface area contributed by atoms with Gasteiger partial charge in [-0.15, -0.1) is 11.3 Å². The lowest BCUT2D eigenvalue weighted by molar-refractivity contribution is 0.106. The quantitative estimate of drug-likeness (QED) is 0.774. The van der Waals surface area contributed by atoms with E-state index in [-0.39, 0.29) is 6.61 Å². The summed E-state index contributed by atoms with van der Waals surface area (Å²) in [6, 6.07) is 9.20. The van der Waals surface area contributed by atoms with Crippen molar-refractivity contribution in [1.29, 1.82) is 0 Å². The topological polar surface area (TPSA) is 41.5 Å². The van der Waals surface area contributed by atoms with Gasteiger partial charge in [-0.25, -0.2) is 0 Å². The highest BCUT2D eigenvalue weighted by Crippen LogP contribution is 2.19. The molecule has 0 saturated heterocycles. The van der Waals surface area contributed by atoms with Crippen LogP contribution < -0.4 is 10.1 Å². The highest BCUT2D eigenvalue weighted by molar-refractivity contribution is 9.10. The summed E-state index contributed by atoms with van der Waals surface area (Å²) in [6.45, 7) is 1.46. The maximum absolute atomic E-state index is 9.84. The first kappa shape index (κ1) is 15.8. The molecule has 1 aromatic heterocycles. The SMILES string of the molecule is OC(CNCc1cc(Br)cs1)COc1cccc(Cl)c1. The van der Waals surface area contributed by atoms with Crippen LogP contribution in [0.4, 0.5) is 0 Å². The van der Waals surface area contributed by atoms with E-state index < -0.39 is 6.10 Å². The zero-order valence-corrected chi connectivity index (χ0v) is 13.8. The third kappa shape index (κ3) is 5.42. The normalized spacial score (nSPS) is 12.3. The minimum absolute atomic E-state index is 0.238. The summed E-state index contributed by atoms with van der Waals surface area (Å²) < 4.78 is 6.56. The molecule has 1 unspecified atom stereocenters. The fraction of sp³-hybridized carbons (Fsp3) is 0.286. The Morgan fingerprint density at radius 2 is 2.25 bits per heavy atom. The smallest absolute Gasteiger partial charge is 0.120 e. The molecule has 0 aliphatic rings. The lowest BCUT2D eigenvalue weighted by Crippen LogP contribution is -2.30. The van der Waals surface area contributed by atoms with Crippen LogP contribution in [-0.4, -0.2) is 24.4 Å². The van der Waals surface area contributed by atoms with Crippen LogP contribution >= 0.6 is 38.9 Å². The van der Waals surface area contributed by atoms with E-state index in [4.69, 9.17) is 16.3 Å². The van der Waals surface area contributed by atoms with Gasteiger partial charge in [0.1, 0.15) is 18.5 Å². The number of benzene rings is 1.